The van der Waals surface area contributed by atoms with Gasteiger partial charge in [-0.1, -0.05) is 15.9 Å². The predicted octanol–water partition coefficient (Wildman–Crippen LogP) is 2.46. The maximum Gasteiger partial charge on any atom is 0.344 e. The first-order valence-corrected chi connectivity index (χ1v) is 8.31. The van der Waals surface area contributed by atoms with Gasteiger partial charge in [-0.25, -0.2) is 0 Å². The number of oxazole rings is 1. The van der Waals surface area contributed by atoms with E-state index in [9.17, 15) is 8.42 Å². The van der Waals surface area contributed by atoms with Gasteiger partial charge in [0.15, 0.2) is 6.54 Å². The fourth-order valence-corrected chi connectivity index (χ4v) is 2.92. The lowest BCUT2D eigenvalue weighted by molar-refractivity contribution is -0.683. The minimum Gasteiger partial charge on any atom is -0.402 e. The van der Waals surface area contributed by atoms with E-state index < -0.39 is 10.1 Å². The van der Waals surface area contributed by atoms with Gasteiger partial charge < -0.3 is 4.42 Å². The van der Waals surface area contributed by atoms with Crippen molar-refractivity contribution in [1.29, 1.82) is 0 Å². The molecule has 0 bridgehead atoms. The smallest absolute Gasteiger partial charge is 0.344 e. The molecule has 0 aliphatic carbocycles. The predicted molar refractivity (Wildman–Crippen MR) is 74.5 cm³/mol. The molecule has 0 fully saturated rings. The van der Waals surface area contributed by atoms with Crippen LogP contribution in [0.3, 0.4) is 0 Å². The molecule has 1 heterocycles. The third kappa shape index (κ3) is 3.77. The highest BCUT2D eigenvalue weighted by atomic mass is 79.9. The summed E-state index contributed by atoms with van der Waals surface area (Å²) in [5, 5.41) is 0. The Morgan fingerprint density at radius 3 is 2.79 bits per heavy atom. The lowest BCUT2D eigenvalue weighted by Gasteiger charge is -1.96. The van der Waals surface area contributed by atoms with Crippen LogP contribution in [0.2, 0.25) is 0 Å². The first-order valence-electron chi connectivity index (χ1n) is 5.90. The molecule has 1 aromatic carbocycles. The zero-order chi connectivity index (χ0) is 14.0. The molecule has 0 spiro atoms. The van der Waals surface area contributed by atoms with Crippen LogP contribution in [0.5, 0.6) is 0 Å². The molecule has 5 nitrogen and oxygen atoms in total. The summed E-state index contributed by atoms with van der Waals surface area (Å²) in [6.07, 6.45) is 1.08. The van der Waals surface area contributed by atoms with Gasteiger partial charge in [-0.2, -0.15) is 13.0 Å². The highest BCUT2D eigenvalue weighted by Gasteiger charge is 2.19. The van der Waals surface area contributed by atoms with E-state index in [1.165, 1.54) is 0 Å². The van der Waals surface area contributed by atoms with Gasteiger partial charge in [-0.3, -0.25) is 4.55 Å². The topological polar surface area (TPSA) is 71.4 Å². The second-order valence-corrected chi connectivity index (χ2v) is 6.87. The fourth-order valence-electron chi connectivity index (χ4n) is 2.00. The molecule has 0 unspecified atom stereocenters. The summed E-state index contributed by atoms with van der Waals surface area (Å²) < 4.78 is 38.6. The van der Waals surface area contributed by atoms with Crippen LogP contribution in [0.15, 0.2) is 27.1 Å². The van der Waals surface area contributed by atoms with E-state index in [-0.39, 0.29) is 5.75 Å². The van der Waals surface area contributed by atoms with Crippen molar-refractivity contribution >= 4 is 37.1 Å². The Morgan fingerprint density at radius 1 is 1.37 bits per heavy atom. The van der Waals surface area contributed by atoms with E-state index in [4.69, 9.17) is 8.97 Å². The molecule has 0 saturated carbocycles. The zero-order valence-corrected chi connectivity index (χ0v) is 12.9. The van der Waals surface area contributed by atoms with Crippen LogP contribution in [-0.2, 0) is 16.7 Å². The number of hydrogen-bond donors (Lipinski definition) is 1. The quantitative estimate of drug-likeness (QED) is 0.511. The van der Waals surface area contributed by atoms with E-state index in [0.29, 0.717) is 19.4 Å². The molecular weight excluding hydrogens is 334 g/mol. The molecule has 0 atom stereocenters. The maximum absolute atomic E-state index is 10.6. The van der Waals surface area contributed by atoms with Crippen molar-refractivity contribution in [3.8, 4) is 0 Å². The lowest BCUT2D eigenvalue weighted by atomic mass is 10.3. The van der Waals surface area contributed by atoms with Crippen molar-refractivity contribution in [2.75, 3.05) is 5.75 Å². The second kappa shape index (κ2) is 5.60. The van der Waals surface area contributed by atoms with E-state index in [0.717, 1.165) is 21.5 Å². The van der Waals surface area contributed by atoms with Crippen LogP contribution in [-0.4, -0.2) is 18.7 Å². The summed E-state index contributed by atoms with van der Waals surface area (Å²) >= 11 is 3.42. The molecule has 7 heteroatoms. The number of rotatable bonds is 5. The van der Waals surface area contributed by atoms with Gasteiger partial charge in [-0.15, -0.1) is 0 Å². The van der Waals surface area contributed by atoms with Crippen molar-refractivity contribution < 1.29 is 22.0 Å². The Hall–Kier alpha value is -0.920. The second-order valence-electron chi connectivity index (χ2n) is 4.38. The Kier molecular flexibility index (Phi) is 4.27. The van der Waals surface area contributed by atoms with Crippen molar-refractivity contribution in [2.24, 2.45) is 0 Å². The van der Waals surface area contributed by atoms with Crippen LogP contribution in [0, 0.1) is 6.92 Å². The number of nitrogens with zero attached hydrogens (tertiary/aromatic N) is 1. The number of hydrogen-bond acceptors (Lipinski definition) is 3. The summed E-state index contributed by atoms with van der Waals surface area (Å²) in [6.45, 7) is 2.53. The van der Waals surface area contributed by atoms with Crippen LogP contribution < -0.4 is 4.57 Å². The standard InChI is InChI=1S/C12H14BrNO4S/c1-9-14(6-2-3-7-19(15,16)17)11-8-10(13)4-5-12(11)18-9/h4-5,8H,2-3,6-7H2,1H3/p+1. The van der Waals surface area contributed by atoms with Gasteiger partial charge in [0.1, 0.15) is 0 Å². The fraction of sp³-hybridized carbons (Fsp3) is 0.417. The van der Waals surface area contributed by atoms with Gasteiger partial charge in [-0.05, 0) is 18.6 Å². The van der Waals surface area contributed by atoms with E-state index in [1.54, 1.807) is 0 Å². The van der Waals surface area contributed by atoms with Crippen molar-refractivity contribution in [3.63, 3.8) is 0 Å². The molecule has 0 amide bonds. The highest BCUT2D eigenvalue weighted by Crippen LogP contribution is 2.19. The summed E-state index contributed by atoms with van der Waals surface area (Å²) in [5.41, 5.74) is 1.77. The van der Waals surface area contributed by atoms with Gasteiger partial charge in [0.2, 0.25) is 5.58 Å². The van der Waals surface area contributed by atoms with E-state index >= 15 is 0 Å². The molecule has 0 aliphatic rings. The molecular formula is C12H15BrNO4S+. The van der Waals surface area contributed by atoms with Crippen molar-refractivity contribution in [1.82, 2.24) is 0 Å². The van der Waals surface area contributed by atoms with Crippen LogP contribution >= 0.6 is 15.9 Å². The van der Waals surface area contributed by atoms with Crippen LogP contribution in [0.25, 0.3) is 11.1 Å². The first kappa shape index (κ1) is 14.5. The number of fused-ring (bicyclic) bond motifs is 1. The van der Waals surface area contributed by atoms with Gasteiger partial charge >= 0.3 is 5.89 Å². The van der Waals surface area contributed by atoms with Crippen LogP contribution in [0.1, 0.15) is 18.7 Å². The van der Waals surface area contributed by atoms with Gasteiger partial charge in [0.25, 0.3) is 15.6 Å². The summed E-state index contributed by atoms with van der Waals surface area (Å²) in [7, 11) is -3.86. The Morgan fingerprint density at radius 2 is 2.11 bits per heavy atom. The minimum atomic E-state index is -3.86. The van der Waals surface area contributed by atoms with Gasteiger partial charge in [0, 0.05) is 17.0 Å². The maximum atomic E-state index is 10.6. The molecule has 0 aliphatic heterocycles. The number of aryl methyl sites for hydroxylation is 2. The van der Waals surface area contributed by atoms with Crippen LogP contribution in [0.4, 0.5) is 0 Å². The minimum absolute atomic E-state index is 0.202. The lowest BCUT2D eigenvalue weighted by Crippen LogP contribution is -2.35. The summed E-state index contributed by atoms with van der Waals surface area (Å²) in [5.74, 6) is 0.575. The SMILES string of the molecule is Cc1oc2ccc(Br)cc2[n+]1CCCCS(=O)(=O)O. The summed E-state index contributed by atoms with van der Waals surface area (Å²) in [6, 6.07) is 5.77. The number of halogens is 1. The number of benzene rings is 1. The molecule has 2 rings (SSSR count). The largest absolute Gasteiger partial charge is 0.402 e. The Labute approximate surface area is 120 Å². The molecule has 1 aromatic heterocycles. The average Bonchev–Trinajstić information content (AvgIpc) is 2.59. The highest BCUT2D eigenvalue weighted by molar-refractivity contribution is 9.10. The monoisotopic (exact) mass is 348 g/mol. The first-order chi connectivity index (χ1) is 8.87. The number of aromatic nitrogens is 1. The third-order valence-corrected chi connectivity index (χ3v) is 4.18. The zero-order valence-electron chi connectivity index (χ0n) is 10.5. The normalized spacial score (nSPS) is 12.2. The summed E-state index contributed by atoms with van der Waals surface area (Å²) in [4.78, 5) is 0. The molecule has 1 N–H and O–H groups in total. The number of unbranched alkanes of at least 4 members (excludes halogenated alkanes) is 1. The average molecular weight is 349 g/mol. The molecule has 0 radical (unpaired) electrons. The third-order valence-electron chi connectivity index (χ3n) is 2.88. The molecule has 104 valence electrons. The van der Waals surface area contributed by atoms with Gasteiger partial charge in [0.05, 0.1) is 12.7 Å². The van der Waals surface area contributed by atoms with E-state index in [2.05, 4.69) is 15.9 Å². The molecule has 2 aromatic rings. The van der Waals surface area contributed by atoms with Crippen molar-refractivity contribution in [3.05, 3.63) is 28.6 Å². The Balaban J connectivity index is 2.12. The molecule has 0 saturated heterocycles. The molecule has 19 heavy (non-hydrogen) atoms. The van der Waals surface area contributed by atoms with Crippen molar-refractivity contribution in [2.45, 2.75) is 26.3 Å². The van der Waals surface area contributed by atoms with E-state index in [1.807, 2.05) is 29.7 Å². The Bertz CT molecular complexity index is 693.